The SMILES string of the molecule is C#CCCCC(NCC)c1cncn1C. The zero-order valence-electron chi connectivity index (χ0n) is 9.53. The van der Waals surface area contributed by atoms with Gasteiger partial charge >= 0.3 is 0 Å². The number of terminal acetylenes is 1. The van der Waals surface area contributed by atoms with Gasteiger partial charge in [-0.05, 0) is 19.4 Å². The number of aryl methyl sites for hydroxylation is 1. The monoisotopic (exact) mass is 205 g/mol. The molecule has 0 spiro atoms. The number of nitrogens with zero attached hydrogens (tertiary/aromatic N) is 2. The molecule has 1 aromatic rings. The van der Waals surface area contributed by atoms with Crippen molar-refractivity contribution in [2.45, 2.75) is 32.2 Å². The molecule has 82 valence electrons. The normalized spacial score (nSPS) is 12.3. The lowest BCUT2D eigenvalue weighted by Gasteiger charge is -2.17. The summed E-state index contributed by atoms with van der Waals surface area (Å²) in [7, 11) is 2.02. The number of aromatic nitrogens is 2. The lowest BCUT2D eigenvalue weighted by atomic mass is 10.1. The maximum absolute atomic E-state index is 5.25. The van der Waals surface area contributed by atoms with Crippen LogP contribution in [0.4, 0.5) is 0 Å². The molecule has 0 saturated heterocycles. The van der Waals surface area contributed by atoms with Gasteiger partial charge in [0.05, 0.1) is 12.0 Å². The van der Waals surface area contributed by atoms with Gasteiger partial charge in [-0.15, -0.1) is 12.3 Å². The molecule has 0 aliphatic heterocycles. The summed E-state index contributed by atoms with van der Waals surface area (Å²) in [5.41, 5.74) is 1.23. The highest BCUT2D eigenvalue weighted by molar-refractivity contribution is 5.04. The summed E-state index contributed by atoms with van der Waals surface area (Å²) in [5.74, 6) is 2.67. The van der Waals surface area contributed by atoms with Crippen molar-refractivity contribution >= 4 is 0 Å². The highest BCUT2D eigenvalue weighted by atomic mass is 15.1. The van der Waals surface area contributed by atoms with Crippen LogP contribution in [0, 0.1) is 12.3 Å². The molecule has 0 aliphatic carbocycles. The smallest absolute Gasteiger partial charge is 0.0946 e. The van der Waals surface area contributed by atoms with Crippen molar-refractivity contribution in [3.05, 3.63) is 18.2 Å². The Balaban J connectivity index is 2.58. The third-order valence-electron chi connectivity index (χ3n) is 2.48. The van der Waals surface area contributed by atoms with E-state index in [1.54, 1.807) is 0 Å². The lowest BCUT2D eigenvalue weighted by molar-refractivity contribution is 0.479. The summed E-state index contributed by atoms with van der Waals surface area (Å²) in [6.07, 6.45) is 12.0. The molecule has 0 radical (unpaired) electrons. The molecule has 3 nitrogen and oxygen atoms in total. The van der Waals surface area contributed by atoms with Crippen LogP contribution in [-0.2, 0) is 7.05 Å². The Kier molecular flexibility index (Phi) is 4.92. The summed E-state index contributed by atoms with van der Waals surface area (Å²) in [6, 6.07) is 0.371. The molecule has 0 aromatic carbocycles. The van der Waals surface area contributed by atoms with E-state index in [9.17, 15) is 0 Å². The van der Waals surface area contributed by atoms with E-state index in [0.29, 0.717) is 6.04 Å². The van der Waals surface area contributed by atoms with Crippen molar-refractivity contribution in [2.75, 3.05) is 6.54 Å². The van der Waals surface area contributed by atoms with Gasteiger partial charge in [0.25, 0.3) is 0 Å². The zero-order chi connectivity index (χ0) is 11.1. The topological polar surface area (TPSA) is 29.9 Å². The van der Waals surface area contributed by atoms with Crippen LogP contribution in [0.15, 0.2) is 12.5 Å². The molecule has 0 fully saturated rings. The Bertz CT molecular complexity index is 322. The van der Waals surface area contributed by atoms with Crippen LogP contribution in [-0.4, -0.2) is 16.1 Å². The van der Waals surface area contributed by atoms with Crippen molar-refractivity contribution in [2.24, 2.45) is 7.05 Å². The van der Waals surface area contributed by atoms with E-state index in [4.69, 9.17) is 6.42 Å². The average molecular weight is 205 g/mol. The summed E-state index contributed by atoms with van der Waals surface area (Å²) < 4.78 is 2.06. The van der Waals surface area contributed by atoms with Gasteiger partial charge in [0.2, 0.25) is 0 Å². The fraction of sp³-hybridized carbons (Fsp3) is 0.583. The van der Waals surface area contributed by atoms with Crippen molar-refractivity contribution in [1.29, 1.82) is 0 Å². The van der Waals surface area contributed by atoms with Crippen molar-refractivity contribution < 1.29 is 0 Å². The minimum Gasteiger partial charge on any atom is -0.336 e. The number of rotatable bonds is 6. The van der Waals surface area contributed by atoms with E-state index >= 15 is 0 Å². The summed E-state index contributed by atoms with van der Waals surface area (Å²) >= 11 is 0. The third kappa shape index (κ3) is 3.41. The molecular formula is C12H19N3. The predicted molar refractivity (Wildman–Crippen MR) is 62.3 cm³/mol. The molecule has 0 aliphatic rings. The first-order chi connectivity index (χ1) is 7.29. The molecule has 0 amide bonds. The molecule has 0 bridgehead atoms. The third-order valence-corrected chi connectivity index (χ3v) is 2.48. The molecule has 1 aromatic heterocycles. The largest absolute Gasteiger partial charge is 0.336 e. The van der Waals surface area contributed by atoms with Crippen LogP contribution >= 0.6 is 0 Å². The maximum Gasteiger partial charge on any atom is 0.0946 e. The maximum atomic E-state index is 5.25. The Morgan fingerprint density at radius 1 is 1.67 bits per heavy atom. The standard InChI is InChI=1S/C12H19N3/c1-4-6-7-8-11(14-5-2)12-9-13-10-15(12)3/h1,9-11,14H,5-8H2,2-3H3. The highest BCUT2D eigenvalue weighted by Gasteiger charge is 2.12. The van der Waals surface area contributed by atoms with E-state index in [-0.39, 0.29) is 0 Å². The molecular weight excluding hydrogens is 186 g/mol. The number of hydrogen-bond acceptors (Lipinski definition) is 2. The number of unbranched alkanes of at least 4 members (excludes halogenated alkanes) is 1. The predicted octanol–water partition coefficient (Wildman–Crippen LogP) is 1.87. The Hall–Kier alpha value is -1.27. The van der Waals surface area contributed by atoms with Crippen LogP contribution in [0.1, 0.15) is 37.9 Å². The van der Waals surface area contributed by atoms with Crippen LogP contribution < -0.4 is 5.32 Å². The van der Waals surface area contributed by atoms with Crippen LogP contribution in [0.3, 0.4) is 0 Å². The van der Waals surface area contributed by atoms with Gasteiger partial charge in [-0.1, -0.05) is 6.92 Å². The van der Waals surface area contributed by atoms with E-state index in [1.807, 2.05) is 19.6 Å². The molecule has 1 heterocycles. The first-order valence-corrected chi connectivity index (χ1v) is 5.42. The quantitative estimate of drug-likeness (QED) is 0.567. The summed E-state index contributed by atoms with van der Waals surface area (Å²) in [5, 5.41) is 3.46. The van der Waals surface area contributed by atoms with E-state index in [1.165, 1.54) is 5.69 Å². The second-order valence-corrected chi connectivity index (χ2v) is 3.64. The van der Waals surface area contributed by atoms with Gasteiger partial charge < -0.3 is 9.88 Å². The van der Waals surface area contributed by atoms with Gasteiger partial charge in [0.1, 0.15) is 0 Å². The molecule has 15 heavy (non-hydrogen) atoms. The van der Waals surface area contributed by atoms with E-state index in [0.717, 1.165) is 25.8 Å². The minimum atomic E-state index is 0.371. The molecule has 1 unspecified atom stereocenters. The molecule has 1 atom stereocenters. The van der Waals surface area contributed by atoms with E-state index in [2.05, 4.69) is 27.7 Å². The van der Waals surface area contributed by atoms with Gasteiger partial charge in [-0.3, -0.25) is 0 Å². The highest BCUT2D eigenvalue weighted by Crippen LogP contribution is 2.17. The fourth-order valence-electron chi connectivity index (χ4n) is 1.71. The molecule has 0 saturated carbocycles. The molecule has 1 rings (SSSR count). The number of imidazole rings is 1. The first-order valence-electron chi connectivity index (χ1n) is 5.42. The van der Waals surface area contributed by atoms with Crippen LogP contribution in [0.2, 0.25) is 0 Å². The van der Waals surface area contributed by atoms with Gasteiger partial charge in [-0.25, -0.2) is 4.98 Å². The van der Waals surface area contributed by atoms with Crippen molar-refractivity contribution in [3.63, 3.8) is 0 Å². The lowest BCUT2D eigenvalue weighted by Crippen LogP contribution is -2.22. The van der Waals surface area contributed by atoms with Crippen molar-refractivity contribution in [1.82, 2.24) is 14.9 Å². The fourth-order valence-corrected chi connectivity index (χ4v) is 1.71. The van der Waals surface area contributed by atoms with E-state index < -0.39 is 0 Å². The second-order valence-electron chi connectivity index (χ2n) is 3.64. The average Bonchev–Trinajstić information content (AvgIpc) is 2.64. The van der Waals surface area contributed by atoms with Crippen LogP contribution in [0.25, 0.3) is 0 Å². The second kappa shape index (κ2) is 6.26. The molecule has 3 heteroatoms. The summed E-state index contributed by atoms with van der Waals surface area (Å²) in [6.45, 7) is 3.08. The Morgan fingerprint density at radius 3 is 3.00 bits per heavy atom. The zero-order valence-corrected chi connectivity index (χ0v) is 9.53. The van der Waals surface area contributed by atoms with Gasteiger partial charge in [-0.2, -0.15) is 0 Å². The minimum absolute atomic E-state index is 0.371. The van der Waals surface area contributed by atoms with Crippen molar-refractivity contribution in [3.8, 4) is 12.3 Å². The Morgan fingerprint density at radius 2 is 2.47 bits per heavy atom. The van der Waals surface area contributed by atoms with Gasteiger partial charge in [0, 0.05) is 25.7 Å². The summed E-state index contributed by atoms with van der Waals surface area (Å²) in [4.78, 5) is 4.14. The van der Waals surface area contributed by atoms with Gasteiger partial charge in [0.15, 0.2) is 0 Å². The number of nitrogens with one attached hydrogen (secondary N) is 1. The number of hydrogen-bond donors (Lipinski definition) is 1. The first kappa shape index (κ1) is 11.8. The Labute approximate surface area is 91.9 Å². The molecule has 1 N–H and O–H groups in total. The van der Waals surface area contributed by atoms with Crippen LogP contribution in [0.5, 0.6) is 0 Å².